The molecule has 0 saturated carbocycles. The molecule has 0 saturated heterocycles. The number of hydrogen-bond acceptors (Lipinski definition) is 1. The third-order valence-corrected chi connectivity index (χ3v) is 1.55. The summed E-state index contributed by atoms with van der Waals surface area (Å²) in [5, 5.41) is 0. The van der Waals surface area contributed by atoms with Crippen LogP contribution in [0.3, 0.4) is 0 Å². The summed E-state index contributed by atoms with van der Waals surface area (Å²) in [6, 6.07) is 8.03. The van der Waals surface area contributed by atoms with Crippen molar-refractivity contribution in [2.45, 2.75) is 0 Å². The topological polar surface area (TPSA) is 9.23 Å². The molecule has 12 heavy (non-hydrogen) atoms. The molecule has 0 bridgehead atoms. The van der Waals surface area contributed by atoms with Gasteiger partial charge in [0, 0.05) is 40.6 Å². The number of fused-ring (bicyclic) bond motifs is 1. The Morgan fingerprint density at radius 2 is 1.92 bits per heavy atom. The van der Waals surface area contributed by atoms with Crippen molar-refractivity contribution in [3.63, 3.8) is 0 Å². The number of benzene rings is 1. The summed E-state index contributed by atoms with van der Waals surface area (Å²) in [5.74, 6) is 0.991. The molecule has 1 nitrogen and oxygen atoms in total. The third-order valence-electron chi connectivity index (χ3n) is 1.55. The summed E-state index contributed by atoms with van der Waals surface area (Å²) in [4.78, 5) is 0. The molecule has 0 unspecified atom stereocenters. The van der Waals surface area contributed by atoms with E-state index in [-0.39, 0.29) is 35.0 Å². The van der Waals surface area contributed by atoms with Gasteiger partial charge < -0.3 is 4.74 Å². The Hall–Kier alpha value is -0.162. The van der Waals surface area contributed by atoms with Crippen LogP contribution in [0, 0.1) is 0 Å². The fourth-order valence-corrected chi connectivity index (χ4v) is 1.06. The maximum Gasteiger partial charge on any atom is 0.126 e. The van der Waals surface area contributed by atoms with E-state index in [2.05, 4.69) is 6.08 Å². The normalized spacial score (nSPS) is 11.7. The summed E-state index contributed by atoms with van der Waals surface area (Å²) in [7, 11) is 0. The smallest absolute Gasteiger partial charge is 0.126 e. The summed E-state index contributed by atoms with van der Waals surface area (Å²) in [5.41, 5.74) is 1.17. The van der Waals surface area contributed by atoms with Crippen LogP contribution in [0.15, 0.2) is 30.3 Å². The first-order chi connectivity index (χ1) is 4.97. The second-order valence-corrected chi connectivity index (χ2v) is 2.25. The Labute approximate surface area is 94.0 Å². The number of hydrogen-bond donors (Lipinski definition) is 0. The molecule has 65 valence electrons. The predicted molar refractivity (Wildman–Crippen MR) is 41.0 cm³/mol. The molecule has 2 rings (SSSR count). The first kappa shape index (κ1) is 11.8. The molecule has 1 aliphatic heterocycles. The van der Waals surface area contributed by atoms with Crippen LogP contribution in [0.1, 0.15) is 5.56 Å². The zero-order valence-corrected chi connectivity index (χ0v) is 8.73. The largest absolute Gasteiger partial charge is 0.489 e. The number of ether oxygens (including phenoxy) is 1. The SMILES string of the molecule is C1=Cc2ccccc2OC1.[Ni].[V]. The molecule has 1 aromatic carbocycles. The molecule has 0 amide bonds. The van der Waals surface area contributed by atoms with Crippen LogP contribution in [-0.4, -0.2) is 6.61 Å². The van der Waals surface area contributed by atoms with Crippen molar-refractivity contribution in [3.05, 3.63) is 35.9 Å². The number of para-hydroxylation sites is 1. The first-order valence-electron chi connectivity index (χ1n) is 3.35. The fourth-order valence-electron chi connectivity index (χ4n) is 1.06. The van der Waals surface area contributed by atoms with Crippen LogP contribution in [0.25, 0.3) is 6.08 Å². The molecule has 0 aromatic heterocycles. The first-order valence-corrected chi connectivity index (χ1v) is 3.35. The van der Waals surface area contributed by atoms with E-state index in [4.69, 9.17) is 4.74 Å². The molecule has 1 aliphatic rings. The molecule has 3 heteroatoms. The molecular weight excluding hydrogens is 234 g/mol. The zero-order chi connectivity index (χ0) is 6.81. The maximum absolute atomic E-state index is 5.34. The van der Waals surface area contributed by atoms with E-state index in [1.165, 1.54) is 5.56 Å². The van der Waals surface area contributed by atoms with Crippen LogP contribution in [0.4, 0.5) is 0 Å². The fraction of sp³-hybridized carbons (Fsp3) is 0.111. The van der Waals surface area contributed by atoms with Gasteiger partial charge in [-0.1, -0.05) is 24.3 Å². The van der Waals surface area contributed by atoms with Crippen LogP contribution in [-0.2, 0) is 35.0 Å². The quantitative estimate of drug-likeness (QED) is 0.632. The van der Waals surface area contributed by atoms with Crippen LogP contribution in [0.2, 0.25) is 0 Å². The van der Waals surface area contributed by atoms with Gasteiger partial charge in [-0.2, -0.15) is 0 Å². The Bertz CT molecular complexity index is 273. The average molecular weight is 242 g/mol. The second-order valence-electron chi connectivity index (χ2n) is 2.25. The summed E-state index contributed by atoms with van der Waals surface area (Å²) < 4.78 is 5.34. The van der Waals surface area contributed by atoms with Gasteiger partial charge in [0.1, 0.15) is 12.4 Å². The van der Waals surface area contributed by atoms with Crippen molar-refractivity contribution < 1.29 is 39.8 Å². The van der Waals surface area contributed by atoms with Gasteiger partial charge in [0.15, 0.2) is 0 Å². The minimum Gasteiger partial charge on any atom is -0.489 e. The second kappa shape index (κ2) is 5.48. The monoisotopic (exact) mass is 241 g/mol. The van der Waals surface area contributed by atoms with E-state index in [1.807, 2.05) is 30.3 Å². The van der Waals surface area contributed by atoms with Crippen molar-refractivity contribution in [3.8, 4) is 5.75 Å². The van der Waals surface area contributed by atoms with E-state index in [0.717, 1.165) is 5.75 Å². The van der Waals surface area contributed by atoms with E-state index >= 15 is 0 Å². The minimum absolute atomic E-state index is 0. The molecule has 1 aromatic rings. The van der Waals surface area contributed by atoms with Crippen LogP contribution >= 0.6 is 0 Å². The van der Waals surface area contributed by atoms with Gasteiger partial charge in [0.25, 0.3) is 0 Å². The molecule has 0 fully saturated rings. The number of rotatable bonds is 0. The van der Waals surface area contributed by atoms with E-state index < -0.39 is 0 Å². The van der Waals surface area contributed by atoms with E-state index in [9.17, 15) is 0 Å². The van der Waals surface area contributed by atoms with E-state index in [0.29, 0.717) is 6.61 Å². The van der Waals surface area contributed by atoms with Gasteiger partial charge in [-0.05, 0) is 12.1 Å². The average Bonchev–Trinajstić information content (AvgIpc) is 2.05. The zero-order valence-electron chi connectivity index (χ0n) is 6.34. The van der Waals surface area contributed by atoms with Gasteiger partial charge in [-0.15, -0.1) is 0 Å². The molecule has 1 heterocycles. The molecule has 0 N–H and O–H groups in total. The maximum atomic E-state index is 5.34. The molecule has 0 atom stereocenters. The van der Waals surface area contributed by atoms with Crippen molar-refractivity contribution in [1.29, 1.82) is 0 Å². The molecular formula is C9H8NiOV. The standard InChI is InChI=1S/C9H8O.Ni.V/c1-2-6-9-8(4-1)5-3-7-10-9;;/h1-6H,7H2;;. The Morgan fingerprint density at radius 1 is 1.17 bits per heavy atom. The Morgan fingerprint density at radius 3 is 2.67 bits per heavy atom. The Balaban J connectivity index is 0.000000605. The predicted octanol–water partition coefficient (Wildman–Crippen LogP) is 2.09. The van der Waals surface area contributed by atoms with Gasteiger partial charge in [0.2, 0.25) is 0 Å². The van der Waals surface area contributed by atoms with Crippen LogP contribution < -0.4 is 4.74 Å². The third kappa shape index (κ3) is 2.41. The molecule has 0 spiro atoms. The minimum atomic E-state index is 0. The van der Waals surface area contributed by atoms with Crippen LogP contribution in [0.5, 0.6) is 5.75 Å². The Kier molecular flexibility index (Phi) is 5.40. The van der Waals surface area contributed by atoms with Crippen molar-refractivity contribution >= 4 is 6.08 Å². The van der Waals surface area contributed by atoms with Crippen molar-refractivity contribution in [2.75, 3.05) is 6.61 Å². The van der Waals surface area contributed by atoms with Crippen molar-refractivity contribution in [2.24, 2.45) is 0 Å². The van der Waals surface area contributed by atoms with E-state index in [1.54, 1.807) is 0 Å². The summed E-state index contributed by atoms with van der Waals surface area (Å²) >= 11 is 0. The van der Waals surface area contributed by atoms with Crippen molar-refractivity contribution in [1.82, 2.24) is 0 Å². The summed E-state index contributed by atoms with van der Waals surface area (Å²) in [6.07, 6.45) is 4.10. The van der Waals surface area contributed by atoms with Gasteiger partial charge >= 0.3 is 0 Å². The summed E-state index contributed by atoms with van der Waals surface area (Å²) in [6.45, 7) is 0.705. The van der Waals surface area contributed by atoms with Gasteiger partial charge in [-0.25, -0.2) is 0 Å². The van der Waals surface area contributed by atoms with Gasteiger partial charge in [0.05, 0.1) is 0 Å². The molecule has 1 radical (unpaired) electrons. The van der Waals surface area contributed by atoms with Gasteiger partial charge in [-0.3, -0.25) is 0 Å². The molecule has 0 aliphatic carbocycles.